The third-order valence-corrected chi connectivity index (χ3v) is 5.11. The van der Waals surface area contributed by atoms with Gasteiger partial charge in [0.15, 0.2) is 0 Å². The number of anilines is 1. The summed E-state index contributed by atoms with van der Waals surface area (Å²) in [5.41, 5.74) is -0.205. The maximum absolute atomic E-state index is 13.6. The number of rotatable bonds is 6. The van der Waals surface area contributed by atoms with Gasteiger partial charge in [0.05, 0.1) is 0 Å². The van der Waals surface area contributed by atoms with Crippen LogP contribution in [-0.2, 0) is 9.59 Å². The van der Waals surface area contributed by atoms with Gasteiger partial charge in [-0.1, -0.05) is 19.9 Å². The van der Waals surface area contributed by atoms with E-state index in [1.54, 1.807) is 12.1 Å². The molecule has 1 heterocycles. The summed E-state index contributed by atoms with van der Waals surface area (Å²) in [7, 11) is 0. The van der Waals surface area contributed by atoms with Crippen LogP contribution in [0.4, 0.5) is 10.1 Å². The highest BCUT2D eigenvalue weighted by Crippen LogP contribution is 2.30. The number of carbonyl (C=O) groups is 2. The van der Waals surface area contributed by atoms with E-state index in [-0.39, 0.29) is 23.7 Å². The lowest BCUT2D eigenvalue weighted by atomic mass is 9.85. The fraction of sp³-hybridized carbons (Fsp3) is 0.600. The Morgan fingerprint density at radius 1 is 1.27 bits per heavy atom. The summed E-state index contributed by atoms with van der Waals surface area (Å²) < 4.78 is 13.6. The fourth-order valence-corrected chi connectivity index (χ4v) is 3.42. The number of piperidine rings is 1. The molecule has 1 saturated heterocycles. The van der Waals surface area contributed by atoms with Crippen LogP contribution < -0.4 is 10.6 Å². The van der Waals surface area contributed by atoms with Gasteiger partial charge in [0.2, 0.25) is 11.8 Å². The van der Waals surface area contributed by atoms with Gasteiger partial charge in [0.1, 0.15) is 11.4 Å². The molecular formula is C20H28FN3O2. The third-order valence-electron chi connectivity index (χ3n) is 5.11. The van der Waals surface area contributed by atoms with Crippen molar-refractivity contribution in [3.05, 3.63) is 30.1 Å². The standard InChI is InChI=1S/C20H28FN3O2/c1-14(2)12-18(25)24-10-8-20(9-11-24,19(26)22-16-6-7-16)23-17-5-3-4-15(21)13-17/h3-5,13-14,16,23H,6-12H2,1-2H3,(H,22,26). The highest BCUT2D eigenvalue weighted by Gasteiger charge is 2.44. The number of nitrogens with zero attached hydrogens (tertiary/aromatic N) is 1. The van der Waals surface area contributed by atoms with Crippen molar-refractivity contribution in [2.45, 2.75) is 57.5 Å². The Morgan fingerprint density at radius 3 is 2.54 bits per heavy atom. The van der Waals surface area contributed by atoms with Gasteiger partial charge in [-0.15, -0.1) is 0 Å². The molecule has 0 radical (unpaired) electrons. The maximum Gasteiger partial charge on any atom is 0.246 e. The van der Waals surface area contributed by atoms with Crippen molar-refractivity contribution in [3.63, 3.8) is 0 Å². The Hall–Kier alpha value is -2.11. The molecule has 1 aromatic carbocycles. The van der Waals surface area contributed by atoms with Crippen molar-refractivity contribution in [2.75, 3.05) is 18.4 Å². The molecule has 6 heteroatoms. The SMILES string of the molecule is CC(C)CC(=O)N1CCC(Nc2cccc(F)c2)(C(=O)NC2CC2)CC1. The smallest absolute Gasteiger partial charge is 0.246 e. The normalized spacial score (nSPS) is 19.3. The summed E-state index contributed by atoms with van der Waals surface area (Å²) in [6, 6.07) is 6.45. The molecule has 0 bridgehead atoms. The second-order valence-electron chi connectivity index (χ2n) is 7.94. The maximum atomic E-state index is 13.6. The lowest BCUT2D eigenvalue weighted by Gasteiger charge is -2.42. The van der Waals surface area contributed by atoms with Crippen LogP contribution >= 0.6 is 0 Å². The molecule has 142 valence electrons. The molecule has 2 aliphatic rings. The van der Waals surface area contributed by atoms with Crippen molar-refractivity contribution >= 4 is 17.5 Å². The number of hydrogen-bond donors (Lipinski definition) is 2. The first kappa shape index (κ1) is 18.7. The van der Waals surface area contributed by atoms with E-state index in [1.165, 1.54) is 12.1 Å². The van der Waals surface area contributed by atoms with Gasteiger partial charge in [-0.2, -0.15) is 0 Å². The first-order valence-electron chi connectivity index (χ1n) is 9.50. The summed E-state index contributed by atoms with van der Waals surface area (Å²) in [5.74, 6) is 0.0808. The first-order chi connectivity index (χ1) is 12.4. The van der Waals surface area contributed by atoms with Gasteiger partial charge in [-0.3, -0.25) is 9.59 Å². The monoisotopic (exact) mass is 361 g/mol. The summed E-state index contributed by atoms with van der Waals surface area (Å²) in [5, 5.41) is 6.36. The largest absolute Gasteiger partial charge is 0.371 e. The minimum atomic E-state index is -0.801. The molecule has 1 saturated carbocycles. The van der Waals surface area contributed by atoms with Gasteiger partial charge >= 0.3 is 0 Å². The van der Waals surface area contributed by atoms with E-state index < -0.39 is 5.54 Å². The van der Waals surface area contributed by atoms with Crippen LogP contribution in [-0.4, -0.2) is 41.4 Å². The number of likely N-dealkylation sites (tertiary alicyclic amines) is 1. The van der Waals surface area contributed by atoms with Gasteiger partial charge < -0.3 is 15.5 Å². The zero-order valence-electron chi connectivity index (χ0n) is 15.6. The molecule has 2 N–H and O–H groups in total. The quantitative estimate of drug-likeness (QED) is 0.819. The van der Waals surface area contributed by atoms with Crippen molar-refractivity contribution in [1.29, 1.82) is 0 Å². The predicted molar refractivity (Wildman–Crippen MR) is 99.2 cm³/mol. The first-order valence-corrected chi connectivity index (χ1v) is 9.50. The lowest BCUT2D eigenvalue weighted by molar-refractivity contribution is -0.136. The molecule has 0 aromatic heterocycles. The second kappa shape index (κ2) is 7.64. The molecule has 1 aliphatic carbocycles. The number of hydrogen-bond acceptors (Lipinski definition) is 3. The van der Waals surface area contributed by atoms with Gasteiger partial charge in [0.25, 0.3) is 0 Å². The molecule has 5 nitrogen and oxygen atoms in total. The lowest BCUT2D eigenvalue weighted by Crippen LogP contribution is -2.59. The Kier molecular flexibility index (Phi) is 5.49. The van der Waals surface area contributed by atoms with E-state index >= 15 is 0 Å². The summed E-state index contributed by atoms with van der Waals surface area (Å²) in [6.45, 7) is 5.12. The number of nitrogens with one attached hydrogen (secondary N) is 2. The van der Waals surface area contributed by atoms with E-state index in [9.17, 15) is 14.0 Å². The minimum Gasteiger partial charge on any atom is -0.371 e. The predicted octanol–water partition coefficient (Wildman–Crippen LogP) is 2.92. The fourth-order valence-electron chi connectivity index (χ4n) is 3.42. The molecular weight excluding hydrogens is 333 g/mol. The van der Waals surface area contributed by atoms with Crippen molar-refractivity contribution in [1.82, 2.24) is 10.2 Å². The van der Waals surface area contributed by atoms with Crippen LogP contribution in [0.3, 0.4) is 0 Å². The Morgan fingerprint density at radius 2 is 1.96 bits per heavy atom. The van der Waals surface area contributed by atoms with Crippen LogP contribution in [0, 0.1) is 11.7 Å². The highest BCUT2D eigenvalue weighted by atomic mass is 19.1. The van der Waals surface area contributed by atoms with E-state index in [1.807, 2.05) is 18.7 Å². The van der Waals surface area contributed by atoms with Crippen molar-refractivity contribution in [2.24, 2.45) is 5.92 Å². The molecule has 0 atom stereocenters. The van der Waals surface area contributed by atoms with Crippen LogP contribution in [0.1, 0.15) is 46.0 Å². The topological polar surface area (TPSA) is 61.4 Å². The van der Waals surface area contributed by atoms with Crippen LogP contribution in [0.5, 0.6) is 0 Å². The number of benzene rings is 1. The second-order valence-corrected chi connectivity index (χ2v) is 7.94. The van der Waals surface area contributed by atoms with E-state index in [4.69, 9.17) is 0 Å². The molecule has 0 unspecified atom stereocenters. The molecule has 1 aromatic rings. The van der Waals surface area contributed by atoms with Crippen LogP contribution in [0.15, 0.2) is 24.3 Å². The average molecular weight is 361 g/mol. The molecule has 26 heavy (non-hydrogen) atoms. The highest BCUT2D eigenvalue weighted by molar-refractivity contribution is 5.90. The van der Waals surface area contributed by atoms with Crippen LogP contribution in [0.25, 0.3) is 0 Å². The van der Waals surface area contributed by atoms with Gasteiger partial charge in [-0.25, -0.2) is 4.39 Å². The summed E-state index contributed by atoms with van der Waals surface area (Å²) in [4.78, 5) is 27.1. The molecule has 1 aliphatic heterocycles. The molecule has 2 fully saturated rings. The summed E-state index contributed by atoms with van der Waals surface area (Å²) in [6.07, 6.45) is 3.60. The third kappa shape index (κ3) is 4.54. The molecule has 3 rings (SSSR count). The van der Waals surface area contributed by atoms with Gasteiger partial charge in [-0.05, 0) is 49.8 Å². The number of carbonyl (C=O) groups excluding carboxylic acids is 2. The zero-order valence-corrected chi connectivity index (χ0v) is 15.6. The Balaban J connectivity index is 1.72. The number of halogens is 1. The van der Waals surface area contributed by atoms with Crippen molar-refractivity contribution in [3.8, 4) is 0 Å². The van der Waals surface area contributed by atoms with E-state index in [0.717, 1.165) is 12.8 Å². The summed E-state index contributed by atoms with van der Waals surface area (Å²) >= 11 is 0. The number of amides is 2. The molecule has 2 amide bonds. The molecule has 0 spiro atoms. The van der Waals surface area contributed by atoms with Crippen molar-refractivity contribution < 1.29 is 14.0 Å². The Labute approximate surface area is 154 Å². The van der Waals surface area contributed by atoms with Gasteiger partial charge in [0, 0.05) is 31.2 Å². The van der Waals surface area contributed by atoms with Crippen LogP contribution in [0.2, 0.25) is 0 Å². The zero-order chi connectivity index (χ0) is 18.7. The minimum absolute atomic E-state index is 0.0415. The van der Waals surface area contributed by atoms with E-state index in [2.05, 4.69) is 10.6 Å². The van der Waals surface area contributed by atoms with E-state index in [0.29, 0.717) is 44.0 Å². The average Bonchev–Trinajstić information content (AvgIpc) is 3.38. The Bertz CT molecular complexity index is 665.